The highest BCUT2D eigenvalue weighted by atomic mass is 16.6. The van der Waals surface area contributed by atoms with Gasteiger partial charge in [-0.1, -0.05) is 314 Å². The van der Waals surface area contributed by atoms with Gasteiger partial charge in [-0.25, -0.2) is 0 Å². The molecule has 3 N–H and O–H groups in total. The van der Waals surface area contributed by atoms with Crippen LogP contribution >= 0.6 is 0 Å². The second kappa shape index (κ2) is 71.6. The molecular weight excluding hydrogens is 1310 g/mol. The molecule has 0 aliphatic heterocycles. The SMILES string of the molecule is CCCCCCCCCCC(CCCCCCCC)COC(=O)C(C)C(/C=C/C=C\CCCCCCCC(=O)OCC(COC(=O)CCCCCCC/C=C\C/C=C\C=C\C(CC)C(CC(=O)O)C(=O)O)OC(=O)CCCCCC/C=C/C(CCCCCCCC)C(CC(=O)O)C(C)=O)CCCCC. The average Bonchev–Trinajstić information content (AvgIpc) is 0.919. The Hall–Kier alpha value is -5.60. The maximum atomic E-state index is 13.6. The van der Waals surface area contributed by atoms with Crippen molar-refractivity contribution in [3.8, 4) is 0 Å². The van der Waals surface area contributed by atoms with E-state index in [1.165, 1.54) is 116 Å². The van der Waals surface area contributed by atoms with Gasteiger partial charge in [0.1, 0.15) is 19.0 Å². The van der Waals surface area contributed by atoms with Gasteiger partial charge in [0.25, 0.3) is 0 Å². The van der Waals surface area contributed by atoms with E-state index in [-0.39, 0.29) is 74.3 Å². The van der Waals surface area contributed by atoms with Crippen molar-refractivity contribution in [3.63, 3.8) is 0 Å². The van der Waals surface area contributed by atoms with Crippen molar-refractivity contribution >= 4 is 47.6 Å². The minimum atomic E-state index is -1.12. The van der Waals surface area contributed by atoms with E-state index in [4.69, 9.17) is 24.1 Å². The van der Waals surface area contributed by atoms with Crippen LogP contribution in [0.3, 0.4) is 0 Å². The number of ketones is 1. The molecule has 0 aromatic carbocycles. The molecule has 15 heteroatoms. The van der Waals surface area contributed by atoms with Crippen LogP contribution in [0.5, 0.6) is 0 Å². The summed E-state index contributed by atoms with van der Waals surface area (Å²) in [7, 11) is 0. The summed E-state index contributed by atoms with van der Waals surface area (Å²) in [5, 5.41) is 28.1. The number of carbonyl (C=O) groups excluding carboxylic acids is 5. The van der Waals surface area contributed by atoms with Gasteiger partial charge >= 0.3 is 41.8 Å². The van der Waals surface area contributed by atoms with Gasteiger partial charge < -0.3 is 34.3 Å². The number of carboxylic acids is 3. The molecule has 0 radical (unpaired) electrons. The minimum absolute atomic E-state index is 0.0612. The number of ether oxygens (including phenoxy) is 4. The van der Waals surface area contributed by atoms with E-state index < -0.39 is 60.2 Å². The number of hydrogen-bond acceptors (Lipinski definition) is 12. The van der Waals surface area contributed by atoms with Crippen LogP contribution in [0.4, 0.5) is 0 Å². The summed E-state index contributed by atoms with van der Waals surface area (Å²) in [6, 6.07) is 0. The molecule has 15 nitrogen and oxygen atoms in total. The molecule has 0 aromatic heterocycles. The molecule has 104 heavy (non-hydrogen) atoms. The van der Waals surface area contributed by atoms with Gasteiger partial charge in [0.15, 0.2) is 6.10 Å². The van der Waals surface area contributed by atoms with Crippen LogP contribution < -0.4 is 0 Å². The number of carbonyl (C=O) groups is 8. The number of allylic oxidation sites excluding steroid dienone is 12. The predicted octanol–water partition coefficient (Wildman–Crippen LogP) is 24.0. The van der Waals surface area contributed by atoms with Crippen molar-refractivity contribution in [2.45, 2.75) is 382 Å². The average molecular weight is 1460 g/mol. The van der Waals surface area contributed by atoms with Crippen LogP contribution in [0.1, 0.15) is 376 Å². The maximum absolute atomic E-state index is 13.6. The Bertz CT molecular complexity index is 2350. The lowest BCUT2D eigenvalue weighted by molar-refractivity contribution is -0.167. The van der Waals surface area contributed by atoms with Crippen LogP contribution in [-0.4, -0.2) is 88.8 Å². The molecule has 8 unspecified atom stereocenters. The number of carboxylic acid groups (broad SMARTS) is 3. The Morgan fingerprint density at radius 2 is 0.750 bits per heavy atom. The summed E-state index contributed by atoms with van der Waals surface area (Å²) >= 11 is 0. The number of rotatable bonds is 75. The van der Waals surface area contributed by atoms with E-state index in [0.717, 1.165) is 161 Å². The summed E-state index contributed by atoms with van der Waals surface area (Å²) in [5.41, 5.74) is 0. The molecule has 0 aliphatic rings. The Morgan fingerprint density at radius 1 is 0.356 bits per heavy atom. The molecule has 0 fully saturated rings. The van der Waals surface area contributed by atoms with Crippen molar-refractivity contribution in [1.29, 1.82) is 0 Å². The first-order valence-corrected chi connectivity index (χ1v) is 42.3. The zero-order valence-corrected chi connectivity index (χ0v) is 67.0. The summed E-state index contributed by atoms with van der Waals surface area (Å²) in [6.07, 6.45) is 71.8. The third-order valence-corrected chi connectivity index (χ3v) is 20.3. The van der Waals surface area contributed by atoms with E-state index in [1.807, 2.05) is 25.2 Å². The lowest BCUT2D eigenvalue weighted by atomic mass is 9.82. The summed E-state index contributed by atoms with van der Waals surface area (Å²) in [4.78, 5) is 99.7. The fourth-order valence-electron chi connectivity index (χ4n) is 13.5. The number of hydrogen-bond donors (Lipinski definition) is 3. The zero-order chi connectivity index (χ0) is 76.7. The molecule has 0 rings (SSSR count). The van der Waals surface area contributed by atoms with Gasteiger partial charge in [-0.3, -0.25) is 38.4 Å². The molecule has 0 spiro atoms. The van der Waals surface area contributed by atoms with Gasteiger partial charge in [0.05, 0.1) is 31.3 Å². The van der Waals surface area contributed by atoms with Crippen LogP contribution in [-0.2, 0) is 57.3 Å². The van der Waals surface area contributed by atoms with Crippen molar-refractivity contribution in [1.82, 2.24) is 0 Å². The smallest absolute Gasteiger partial charge is 0.309 e. The van der Waals surface area contributed by atoms with Crippen LogP contribution in [0.25, 0.3) is 0 Å². The van der Waals surface area contributed by atoms with Gasteiger partial charge in [-0.15, -0.1) is 0 Å². The molecule has 0 saturated carbocycles. The van der Waals surface area contributed by atoms with Crippen LogP contribution in [0.15, 0.2) is 72.9 Å². The molecule has 598 valence electrons. The van der Waals surface area contributed by atoms with Gasteiger partial charge in [-0.2, -0.15) is 0 Å². The Balaban J connectivity index is 5.35. The van der Waals surface area contributed by atoms with Gasteiger partial charge in [-0.05, 0) is 127 Å². The molecule has 0 aromatic rings. The highest BCUT2D eigenvalue weighted by Crippen LogP contribution is 2.29. The fraction of sp³-hybridized carbons (Fsp3) is 0.775. The van der Waals surface area contributed by atoms with Crippen LogP contribution in [0, 0.1) is 41.4 Å². The Morgan fingerprint density at radius 3 is 1.23 bits per heavy atom. The maximum Gasteiger partial charge on any atom is 0.309 e. The number of Topliss-reactive ketones (excluding diaryl/α,β-unsaturated/α-hetero) is 1. The normalized spacial score (nSPS) is 14.3. The third-order valence-electron chi connectivity index (χ3n) is 20.3. The van der Waals surface area contributed by atoms with Crippen molar-refractivity contribution in [2.75, 3.05) is 19.8 Å². The Labute approximate surface area is 633 Å². The summed E-state index contributed by atoms with van der Waals surface area (Å²) in [6.45, 7) is 14.4. The topological polar surface area (TPSA) is 234 Å². The molecule has 0 aliphatic carbocycles. The second-order valence-electron chi connectivity index (χ2n) is 29.7. The fourth-order valence-corrected chi connectivity index (χ4v) is 13.5. The molecule has 0 saturated heterocycles. The molecule has 0 heterocycles. The number of aliphatic carboxylic acids is 3. The second-order valence-corrected chi connectivity index (χ2v) is 29.7. The van der Waals surface area contributed by atoms with E-state index in [9.17, 15) is 48.6 Å². The summed E-state index contributed by atoms with van der Waals surface area (Å²) in [5.74, 6) is -6.18. The highest BCUT2D eigenvalue weighted by Gasteiger charge is 2.29. The van der Waals surface area contributed by atoms with Gasteiger partial charge in [0.2, 0.25) is 0 Å². The quantitative estimate of drug-likeness (QED) is 0.0169. The largest absolute Gasteiger partial charge is 0.481 e. The lowest BCUT2D eigenvalue weighted by Gasteiger charge is -2.22. The molecule has 0 amide bonds. The first-order chi connectivity index (χ1) is 50.4. The van der Waals surface area contributed by atoms with Gasteiger partial charge in [0, 0.05) is 25.2 Å². The van der Waals surface area contributed by atoms with E-state index >= 15 is 0 Å². The van der Waals surface area contributed by atoms with Crippen molar-refractivity contribution in [2.24, 2.45) is 41.4 Å². The van der Waals surface area contributed by atoms with E-state index in [1.54, 1.807) is 12.2 Å². The van der Waals surface area contributed by atoms with Crippen LogP contribution in [0.2, 0.25) is 0 Å². The lowest BCUT2D eigenvalue weighted by Crippen LogP contribution is -2.30. The highest BCUT2D eigenvalue weighted by molar-refractivity contribution is 5.83. The van der Waals surface area contributed by atoms with E-state index in [2.05, 4.69) is 77.2 Å². The molecule has 0 bridgehead atoms. The van der Waals surface area contributed by atoms with Crippen molar-refractivity contribution in [3.05, 3.63) is 72.9 Å². The predicted molar refractivity (Wildman–Crippen MR) is 425 cm³/mol. The number of unbranched alkanes of at least 4 members (excludes halogenated alkanes) is 33. The zero-order valence-electron chi connectivity index (χ0n) is 67.0. The van der Waals surface area contributed by atoms with Crippen molar-refractivity contribution < 1.29 is 72.6 Å². The molecular formula is C89H152O15. The summed E-state index contributed by atoms with van der Waals surface area (Å²) < 4.78 is 23.2. The Kier molecular flexibility index (Phi) is 67.8. The molecule has 8 atom stereocenters. The first kappa shape index (κ1) is 98.4. The minimum Gasteiger partial charge on any atom is -0.481 e. The number of esters is 4. The van der Waals surface area contributed by atoms with E-state index in [0.29, 0.717) is 38.2 Å². The standard InChI is InChI=1S/C89H152O15/c1-8-13-17-20-23-33-41-51-60-76(59-50-40-21-18-14-9-2)71-103-89(100)74(6)78(62-49-16-11-4)63-53-44-35-30-28-32-37-47-57-67-86(96)102-73-80(104-87(97)68-58-48-39-38-45-55-65-79(64-54-42-22-19-15-10-3)81(75(7)90)69-83(91)92)72-101-85(95)66-56-46-36-31-27-25-24-26-29-34-43-52-61-77(12-5)82(88(98)99)70-84(93)94/h24,26,34-35,43-44,52-53,55,61,63,65,74,76-82H,8-23,25,27-33,36-42,45-51,54,56-60,62,64,66-73H2,1-7H3,(H,91,92)(H,93,94)(H,98,99)/b26-24-,43-34-,44-35-,61-52+,63-53+,65-55+. The monoisotopic (exact) mass is 1460 g/mol. The first-order valence-electron chi connectivity index (χ1n) is 42.3. The third kappa shape index (κ3) is 60.5.